The molecule has 0 spiro atoms. The monoisotopic (exact) mass is 439 g/mol. The number of aromatic nitrogens is 4. The van der Waals surface area contributed by atoms with Gasteiger partial charge in [-0.25, -0.2) is 18.4 Å². The molecule has 0 radical (unpaired) electrons. The smallest absolute Gasteiger partial charge is 0.258 e. The van der Waals surface area contributed by atoms with Gasteiger partial charge >= 0.3 is 0 Å². The van der Waals surface area contributed by atoms with E-state index in [-0.39, 0.29) is 28.8 Å². The van der Waals surface area contributed by atoms with Gasteiger partial charge in [0.1, 0.15) is 17.9 Å². The zero-order valence-electron chi connectivity index (χ0n) is 17.5. The van der Waals surface area contributed by atoms with E-state index in [1.807, 2.05) is 6.92 Å². The van der Waals surface area contributed by atoms with Crippen molar-refractivity contribution in [3.8, 4) is 23.2 Å². The van der Waals surface area contributed by atoms with E-state index in [2.05, 4.69) is 21.1 Å². The molecule has 3 aromatic rings. The van der Waals surface area contributed by atoms with E-state index in [4.69, 9.17) is 10.5 Å². The molecule has 0 saturated heterocycles. The summed E-state index contributed by atoms with van der Waals surface area (Å²) < 4.78 is 35.5. The Balaban J connectivity index is 2.03. The van der Waals surface area contributed by atoms with Crippen LogP contribution in [-0.2, 0) is 23.6 Å². The Morgan fingerprint density at radius 3 is 2.77 bits per heavy atom. The average Bonchev–Trinajstić information content (AvgIpc) is 3.03. The fourth-order valence-corrected chi connectivity index (χ4v) is 4.98. The molecule has 10 nitrogen and oxygen atoms in total. The van der Waals surface area contributed by atoms with Crippen molar-refractivity contribution in [3.63, 3.8) is 0 Å². The number of hydrogen-bond donors (Lipinski definition) is 1. The predicted molar refractivity (Wildman–Crippen MR) is 112 cm³/mol. The number of rotatable bonds is 0. The molecule has 1 aromatic carbocycles. The molecule has 0 saturated carbocycles. The Hall–Kier alpha value is -3.49. The maximum absolute atomic E-state index is 13.5. The Kier molecular flexibility index (Phi) is 4.91. The van der Waals surface area contributed by atoms with Crippen LogP contribution in [0.5, 0.6) is 5.88 Å². The minimum Gasteiger partial charge on any atom is -0.467 e. The van der Waals surface area contributed by atoms with Crippen LogP contribution in [0.15, 0.2) is 29.3 Å². The number of anilines is 1. The first kappa shape index (κ1) is 20.8. The zero-order chi connectivity index (χ0) is 22.5. The lowest BCUT2D eigenvalue weighted by Gasteiger charge is -2.23. The van der Waals surface area contributed by atoms with E-state index in [0.717, 1.165) is 5.56 Å². The molecule has 1 aliphatic rings. The molecular weight excluding hydrogens is 418 g/mol. The Morgan fingerprint density at radius 2 is 2.06 bits per heavy atom. The minimum atomic E-state index is -3.89. The third-order valence-corrected chi connectivity index (χ3v) is 7.08. The molecule has 0 unspecified atom stereocenters. The molecule has 31 heavy (non-hydrogen) atoms. The minimum absolute atomic E-state index is 0.0578. The van der Waals surface area contributed by atoms with Crippen molar-refractivity contribution in [1.29, 1.82) is 5.26 Å². The number of aryl methyl sites for hydroxylation is 2. The van der Waals surface area contributed by atoms with E-state index < -0.39 is 16.1 Å². The lowest BCUT2D eigenvalue weighted by atomic mass is 10.1. The lowest BCUT2D eigenvalue weighted by Crippen LogP contribution is -2.29. The average molecular weight is 440 g/mol. The second-order valence-electron chi connectivity index (χ2n) is 7.41. The van der Waals surface area contributed by atoms with Gasteiger partial charge in [0.05, 0.1) is 34.6 Å². The topological polar surface area (TPSA) is 140 Å². The molecule has 2 bridgehead atoms. The SMILES string of the molecule is Cc1ccc2c(c1)[C@@H](C)Oc1nc(cnc1N)-c1c(nn(C)c1C#N)CN(C)S2(=O)=O. The molecule has 0 fully saturated rings. The van der Waals surface area contributed by atoms with Crippen molar-refractivity contribution in [3.05, 3.63) is 46.9 Å². The number of nitriles is 1. The van der Waals surface area contributed by atoms with E-state index >= 15 is 0 Å². The molecule has 1 atom stereocenters. The van der Waals surface area contributed by atoms with Gasteiger partial charge in [-0.3, -0.25) is 4.68 Å². The summed E-state index contributed by atoms with van der Waals surface area (Å²) in [6, 6.07) is 7.16. The number of nitrogens with two attached hydrogens (primary N) is 1. The zero-order valence-corrected chi connectivity index (χ0v) is 18.3. The van der Waals surface area contributed by atoms with Crippen molar-refractivity contribution in [2.75, 3.05) is 12.8 Å². The molecule has 0 amide bonds. The van der Waals surface area contributed by atoms with Gasteiger partial charge in [0.15, 0.2) is 5.82 Å². The summed E-state index contributed by atoms with van der Waals surface area (Å²) in [5, 5.41) is 14.0. The fourth-order valence-electron chi connectivity index (χ4n) is 3.59. The van der Waals surface area contributed by atoms with Gasteiger partial charge in [0, 0.05) is 19.7 Å². The first-order valence-electron chi connectivity index (χ1n) is 9.46. The third-order valence-electron chi connectivity index (χ3n) is 5.20. The highest BCUT2D eigenvalue weighted by atomic mass is 32.2. The van der Waals surface area contributed by atoms with Crippen LogP contribution in [0.25, 0.3) is 11.3 Å². The summed E-state index contributed by atoms with van der Waals surface area (Å²) in [6.07, 6.45) is 0.750. The normalized spacial score (nSPS) is 18.0. The second kappa shape index (κ2) is 7.33. The summed E-state index contributed by atoms with van der Waals surface area (Å²) in [6.45, 7) is 3.54. The quantitative estimate of drug-likeness (QED) is 0.560. The van der Waals surface area contributed by atoms with Gasteiger partial charge in [-0.05, 0) is 19.9 Å². The highest BCUT2D eigenvalue weighted by Crippen LogP contribution is 2.35. The first-order chi connectivity index (χ1) is 14.6. The molecule has 11 heteroatoms. The largest absolute Gasteiger partial charge is 0.467 e. The first-order valence-corrected chi connectivity index (χ1v) is 10.9. The number of fused-ring (bicyclic) bond motifs is 5. The van der Waals surface area contributed by atoms with Gasteiger partial charge in [-0.15, -0.1) is 0 Å². The summed E-state index contributed by atoms with van der Waals surface area (Å²) in [5.74, 6) is 0.119. The predicted octanol–water partition coefficient (Wildman–Crippen LogP) is 1.91. The van der Waals surface area contributed by atoms with Gasteiger partial charge in [0.2, 0.25) is 10.0 Å². The van der Waals surface area contributed by atoms with Crippen molar-refractivity contribution in [2.45, 2.75) is 31.4 Å². The highest BCUT2D eigenvalue weighted by Gasteiger charge is 2.31. The second-order valence-corrected chi connectivity index (χ2v) is 9.43. The highest BCUT2D eigenvalue weighted by molar-refractivity contribution is 7.89. The number of ether oxygens (including phenoxy) is 1. The summed E-state index contributed by atoms with van der Waals surface area (Å²) in [5.41, 5.74) is 8.68. The van der Waals surface area contributed by atoms with Crippen LogP contribution in [0.4, 0.5) is 5.82 Å². The molecule has 4 rings (SSSR count). The van der Waals surface area contributed by atoms with E-state index in [9.17, 15) is 13.7 Å². The van der Waals surface area contributed by atoms with Crippen molar-refractivity contribution < 1.29 is 13.2 Å². The summed E-state index contributed by atoms with van der Waals surface area (Å²) in [7, 11) is -0.803. The molecule has 3 heterocycles. The maximum atomic E-state index is 13.5. The summed E-state index contributed by atoms with van der Waals surface area (Å²) >= 11 is 0. The van der Waals surface area contributed by atoms with Crippen LogP contribution in [0.1, 0.15) is 35.5 Å². The molecule has 2 N–H and O–H groups in total. The van der Waals surface area contributed by atoms with Crippen LogP contribution in [0.2, 0.25) is 0 Å². The molecule has 1 aliphatic heterocycles. The third kappa shape index (κ3) is 3.39. The van der Waals surface area contributed by atoms with Gasteiger partial charge in [-0.1, -0.05) is 17.7 Å². The van der Waals surface area contributed by atoms with Gasteiger partial charge in [0.25, 0.3) is 5.88 Å². The summed E-state index contributed by atoms with van der Waals surface area (Å²) in [4.78, 5) is 8.79. The van der Waals surface area contributed by atoms with Crippen LogP contribution in [-0.4, -0.2) is 39.5 Å². The van der Waals surface area contributed by atoms with Crippen molar-refractivity contribution in [1.82, 2.24) is 24.1 Å². The standard InChI is InChI=1S/C20H21N7O3S/c1-11-5-6-17-13(7-11)12(2)30-20-19(22)23-9-14(24-20)18-15(10-26(3)31(17,28)29)25-27(4)16(18)8-21/h5-7,9,12H,10H2,1-4H3,(H2,22,23)/t12-/m1/s1. The number of sulfonamides is 1. The van der Waals surface area contributed by atoms with Crippen LogP contribution < -0.4 is 10.5 Å². The van der Waals surface area contributed by atoms with Crippen LogP contribution in [0, 0.1) is 18.3 Å². The van der Waals surface area contributed by atoms with Crippen LogP contribution >= 0.6 is 0 Å². The molecular formula is C20H21N7O3S. The number of hydrogen-bond acceptors (Lipinski definition) is 8. The molecule has 0 aliphatic carbocycles. The maximum Gasteiger partial charge on any atom is 0.258 e. The Morgan fingerprint density at radius 1 is 1.32 bits per heavy atom. The van der Waals surface area contributed by atoms with Crippen LogP contribution in [0.3, 0.4) is 0 Å². The van der Waals surface area contributed by atoms with E-state index in [1.54, 1.807) is 32.2 Å². The van der Waals surface area contributed by atoms with Gasteiger partial charge in [-0.2, -0.15) is 14.7 Å². The lowest BCUT2D eigenvalue weighted by molar-refractivity contribution is 0.215. The number of nitrogens with zero attached hydrogens (tertiary/aromatic N) is 6. The fraction of sp³-hybridized carbons (Fsp3) is 0.300. The number of benzene rings is 1. The molecule has 160 valence electrons. The van der Waals surface area contributed by atoms with Crippen molar-refractivity contribution >= 4 is 15.8 Å². The van der Waals surface area contributed by atoms with Gasteiger partial charge < -0.3 is 10.5 Å². The van der Waals surface area contributed by atoms with E-state index in [1.165, 1.54) is 22.2 Å². The van der Waals surface area contributed by atoms with E-state index in [0.29, 0.717) is 22.5 Å². The Labute approximate surface area is 180 Å². The van der Waals surface area contributed by atoms with Crippen molar-refractivity contribution in [2.24, 2.45) is 7.05 Å². The Bertz CT molecular complexity index is 1340. The number of nitrogen functional groups attached to an aromatic ring is 1. The molecule has 2 aromatic heterocycles.